The number of aliphatic imine (C=N–C) groups is 1. The van der Waals surface area contributed by atoms with Crippen molar-refractivity contribution in [2.45, 2.75) is 33.1 Å². The van der Waals surface area contributed by atoms with Crippen LogP contribution >= 0.6 is 11.3 Å². The minimum Gasteiger partial charge on any atom is -0.356 e. The van der Waals surface area contributed by atoms with Crippen LogP contribution < -0.4 is 10.6 Å². The van der Waals surface area contributed by atoms with Crippen LogP contribution in [0.15, 0.2) is 46.8 Å². The number of amides is 1. The lowest BCUT2D eigenvalue weighted by atomic mass is 10.0. The van der Waals surface area contributed by atoms with E-state index in [1.807, 2.05) is 29.2 Å². The largest absolute Gasteiger partial charge is 0.356 e. The molecule has 1 saturated heterocycles. The van der Waals surface area contributed by atoms with E-state index < -0.39 is 0 Å². The van der Waals surface area contributed by atoms with E-state index in [-0.39, 0.29) is 5.91 Å². The number of rotatable bonds is 5. The second kappa shape index (κ2) is 9.35. The van der Waals surface area contributed by atoms with Crippen LogP contribution in [-0.2, 0) is 6.42 Å². The third kappa shape index (κ3) is 4.78. The molecule has 0 atom stereocenters. The number of benzene rings is 2. The highest BCUT2D eigenvalue weighted by Gasteiger charge is 2.21. The number of likely N-dealkylation sites (tertiary alicyclic amines) is 1. The predicted octanol–water partition coefficient (Wildman–Crippen LogP) is 4.62. The molecule has 170 valence electrons. The van der Waals surface area contributed by atoms with Crippen LogP contribution in [0.5, 0.6) is 0 Å². The molecule has 2 aliphatic rings. The van der Waals surface area contributed by atoms with Crippen molar-refractivity contribution in [1.29, 1.82) is 0 Å². The summed E-state index contributed by atoms with van der Waals surface area (Å²) >= 11 is 1.68. The monoisotopic (exact) mass is 459 g/mol. The Labute approximate surface area is 198 Å². The molecule has 1 amide bonds. The van der Waals surface area contributed by atoms with Crippen molar-refractivity contribution < 1.29 is 4.79 Å². The maximum Gasteiger partial charge on any atom is 0.253 e. The predicted molar refractivity (Wildman–Crippen MR) is 135 cm³/mol. The zero-order chi connectivity index (χ0) is 22.8. The Morgan fingerprint density at radius 3 is 2.64 bits per heavy atom. The Kier molecular flexibility index (Phi) is 6.13. The average molecular weight is 460 g/mol. The summed E-state index contributed by atoms with van der Waals surface area (Å²) < 4.78 is 0. The van der Waals surface area contributed by atoms with E-state index in [0.29, 0.717) is 0 Å². The van der Waals surface area contributed by atoms with Crippen molar-refractivity contribution in [2.75, 3.05) is 31.5 Å². The summed E-state index contributed by atoms with van der Waals surface area (Å²) in [5.74, 6) is 0.987. The summed E-state index contributed by atoms with van der Waals surface area (Å²) in [7, 11) is 0. The molecule has 0 saturated carbocycles. The molecule has 2 N–H and O–H groups in total. The van der Waals surface area contributed by atoms with E-state index in [1.165, 1.54) is 16.7 Å². The van der Waals surface area contributed by atoms with Crippen LogP contribution in [0.4, 0.5) is 5.69 Å². The van der Waals surface area contributed by atoms with Gasteiger partial charge in [-0.2, -0.15) is 0 Å². The van der Waals surface area contributed by atoms with Gasteiger partial charge in [-0.3, -0.25) is 9.79 Å². The van der Waals surface area contributed by atoms with Gasteiger partial charge in [0.2, 0.25) is 0 Å². The van der Waals surface area contributed by atoms with E-state index in [0.717, 1.165) is 78.9 Å². The average Bonchev–Trinajstić information content (AvgIpc) is 3.25. The number of nitrogens with zero attached hydrogens (tertiary/aromatic N) is 3. The van der Waals surface area contributed by atoms with Gasteiger partial charge in [0.25, 0.3) is 5.91 Å². The molecule has 1 fully saturated rings. The van der Waals surface area contributed by atoms with E-state index >= 15 is 0 Å². The molecule has 1 aromatic heterocycles. The number of thiazole rings is 1. The van der Waals surface area contributed by atoms with Gasteiger partial charge in [0.1, 0.15) is 0 Å². The number of aryl methyl sites for hydroxylation is 2. The Balaban J connectivity index is 1.28. The zero-order valence-corrected chi connectivity index (χ0v) is 20.0. The first kappa shape index (κ1) is 21.6. The number of carbonyl (C=O) groups excluding carboxylic acids is 1. The standard InChI is InChI=1S/C26H29N5OS/c1-17-14-22(30-26-27-9-3-10-28-26)18(2)13-21(17)15-24-29-23(16-33-24)19-5-7-20(8-6-19)25(32)31-11-4-12-31/h5-8,13-14,16H,3-4,9-12,15H2,1-2H3,(H2,27,28,30). The number of carbonyl (C=O) groups is 1. The van der Waals surface area contributed by atoms with Gasteiger partial charge in [0.05, 0.1) is 10.7 Å². The summed E-state index contributed by atoms with van der Waals surface area (Å²) in [5.41, 5.74) is 7.58. The molecule has 7 heteroatoms. The van der Waals surface area contributed by atoms with Crippen LogP contribution in [0.25, 0.3) is 11.3 Å². The van der Waals surface area contributed by atoms with Gasteiger partial charge in [0, 0.05) is 54.8 Å². The number of aromatic nitrogens is 1. The first-order valence-corrected chi connectivity index (χ1v) is 12.4. The van der Waals surface area contributed by atoms with Gasteiger partial charge in [-0.25, -0.2) is 4.98 Å². The summed E-state index contributed by atoms with van der Waals surface area (Å²) in [6.07, 6.45) is 3.00. The Bertz CT molecular complexity index is 1190. The van der Waals surface area contributed by atoms with Crippen LogP contribution in [0, 0.1) is 13.8 Å². The van der Waals surface area contributed by atoms with Crippen molar-refractivity contribution in [1.82, 2.24) is 15.2 Å². The van der Waals surface area contributed by atoms with Crippen molar-refractivity contribution in [3.63, 3.8) is 0 Å². The van der Waals surface area contributed by atoms with Crippen LogP contribution in [0.2, 0.25) is 0 Å². The highest BCUT2D eigenvalue weighted by atomic mass is 32.1. The van der Waals surface area contributed by atoms with E-state index in [1.54, 1.807) is 11.3 Å². The molecule has 33 heavy (non-hydrogen) atoms. The normalized spacial score (nSPS) is 15.5. The number of hydrogen-bond acceptors (Lipinski definition) is 6. The summed E-state index contributed by atoms with van der Waals surface area (Å²) in [6, 6.07) is 12.3. The van der Waals surface area contributed by atoms with Gasteiger partial charge >= 0.3 is 0 Å². The van der Waals surface area contributed by atoms with Crippen LogP contribution in [0.1, 0.15) is 44.9 Å². The molecular weight excluding hydrogens is 430 g/mol. The fourth-order valence-corrected chi connectivity index (χ4v) is 4.94. The fraction of sp³-hybridized carbons (Fsp3) is 0.346. The molecule has 2 aromatic carbocycles. The Morgan fingerprint density at radius 1 is 1.12 bits per heavy atom. The van der Waals surface area contributed by atoms with E-state index in [4.69, 9.17) is 4.98 Å². The lowest BCUT2D eigenvalue weighted by Gasteiger charge is -2.30. The quantitative estimate of drug-likeness (QED) is 0.584. The molecule has 3 aromatic rings. The third-order valence-electron chi connectivity index (χ3n) is 6.30. The molecule has 0 aliphatic carbocycles. The topological polar surface area (TPSA) is 69.6 Å². The number of guanidine groups is 1. The number of hydrogen-bond donors (Lipinski definition) is 2. The number of anilines is 1. The molecule has 3 heterocycles. The molecule has 6 nitrogen and oxygen atoms in total. The highest BCUT2D eigenvalue weighted by molar-refractivity contribution is 7.10. The summed E-state index contributed by atoms with van der Waals surface area (Å²) in [6.45, 7) is 7.86. The second-order valence-corrected chi connectivity index (χ2v) is 9.70. The smallest absolute Gasteiger partial charge is 0.253 e. The summed E-state index contributed by atoms with van der Waals surface area (Å²) in [4.78, 5) is 23.7. The van der Waals surface area contributed by atoms with Crippen LogP contribution in [-0.4, -0.2) is 47.9 Å². The van der Waals surface area contributed by atoms with Gasteiger partial charge in [-0.15, -0.1) is 11.3 Å². The van der Waals surface area contributed by atoms with Gasteiger partial charge in [-0.05, 0) is 61.6 Å². The molecule has 0 spiro atoms. The van der Waals surface area contributed by atoms with Gasteiger partial charge < -0.3 is 15.5 Å². The van der Waals surface area contributed by atoms with Crippen LogP contribution in [0.3, 0.4) is 0 Å². The molecule has 0 unspecified atom stereocenters. The maximum atomic E-state index is 12.4. The first-order valence-electron chi connectivity index (χ1n) is 11.6. The minimum atomic E-state index is 0.127. The molecule has 0 radical (unpaired) electrons. The lowest BCUT2D eigenvalue weighted by Crippen LogP contribution is -2.41. The van der Waals surface area contributed by atoms with Crippen molar-refractivity contribution >= 4 is 28.9 Å². The van der Waals surface area contributed by atoms with Crippen molar-refractivity contribution in [3.05, 3.63) is 69.0 Å². The van der Waals surface area contributed by atoms with Gasteiger partial charge in [-0.1, -0.05) is 18.2 Å². The molecular formula is C26H29N5OS. The van der Waals surface area contributed by atoms with Gasteiger partial charge in [0.15, 0.2) is 5.96 Å². The maximum absolute atomic E-state index is 12.4. The third-order valence-corrected chi connectivity index (χ3v) is 7.15. The van der Waals surface area contributed by atoms with Crippen molar-refractivity contribution in [2.24, 2.45) is 4.99 Å². The second-order valence-electron chi connectivity index (χ2n) is 8.76. The first-order chi connectivity index (χ1) is 16.1. The fourth-order valence-electron chi connectivity index (χ4n) is 4.12. The van der Waals surface area contributed by atoms with Crippen molar-refractivity contribution in [3.8, 4) is 11.3 Å². The zero-order valence-electron chi connectivity index (χ0n) is 19.1. The molecule has 5 rings (SSSR count). The van der Waals surface area contributed by atoms with E-state index in [2.05, 4.69) is 47.0 Å². The Morgan fingerprint density at radius 2 is 1.94 bits per heavy atom. The Hall–Kier alpha value is -3.19. The molecule has 0 bridgehead atoms. The molecule has 2 aliphatic heterocycles. The summed E-state index contributed by atoms with van der Waals surface area (Å²) in [5, 5.41) is 9.94. The highest BCUT2D eigenvalue weighted by Crippen LogP contribution is 2.27. The van der Waals surface area contributed by atoms with E-state index in [9.17, 15) is 4.79 Å². The lowest BCUT2D eigenvalue weighted by molar-refractivity contribution is 0.0652. The SMILES string of the molecule is Cc1cc(NC2=NCCCN2)c(C)cc1Cc1nc(-c2ccc(C(=O)N3CCC3)cc2)cs1. The number of nitrogens with one attached hydrogen (secondary N) is 2. The minimum absolute atomic E-state index is 0.127.